The Balaban J connectivity index is 1.20. The summed E-state index contributed by atoms with van der Waals surface area (Å²) in [7, 11) is 0. The highest BCUT2D eigenvalue weighted by molar-refractivity contribution is 7.26. The molecule has 258 valence electrons. The number of rotatable bonds is 2. The Kier molecular flexibility index (Phi) is 6.11. The first-order chi connectivity index (χ1) is 27.8. The largest absolute Gasteiger partial charge is 0.308 e. The van der Waals surface area contributed by atoms with Crippen molar-refractivity contribution in [2.24, 2.45) is 0 Å². The zero-order chi connectivity index (χ0) is 36.5. The Morgan fingerprint density at radius 3 is 1.59 bits per heavy atom. The van der Waals surface area contributed by atoms with E-state index in [-0.39, 0.29) is 0 Å². The number of para-hydroxylation sites is 1. The fraction of sp³-hybridized carbons (Fsp3) is 0. The van der Waals surface area contributed by atoms with Gasteiger partial charge in [-0.2, -0.15) is 0 Å². The van der Waals surface area contributed by atoms with Gasteiger partial charge >= 0.3 is 0 Å². The molecule has 0 saturated carbocycles. The van der Waals surface area contributed by atoms with Crippen molar-refractivity contribution in [1.29, 1.82) is 0 Å². The van der Waals surface area contributed by atoms with E-state index in [0.717, 1.165) is 0 Å². The van der Waals surface area contributed by atoms with Crippen LogP contribution < -0.4 is 0 Å². The van der Waals surface area contributed by atoms with Crippen LogP contribution in [0.1, 0.15) is 0 Å². The molecule has 1 nitrogen and oxygen atoms in total. The van der Waals surface area contributed by atoms with Crippen LogP contribution in [0.4, 0.5) is 0 Å². The highest BCUT2D eigenvalue weighted by atomic mass is 32.1. The van der Waals surface area contributed by atoms with Crippen molar-refractivity contribution in [2.75, 3.05) is 0 Å². The SMILES string of the molecule is c1ccc2c(-c3c4ccccc4c(-c4ccc5c(c4)c4cccc6c7ccccc7c7cccc8sc9cccc(c9c87)n5c64)c4ccccc34)cccc2c1. The topological polar surface area (TPSA) is 4.41 Å². The molecule has 2 heteroatoms. The minimum absolute atomic E-state index is 1.22. The molecule has 3 aromatic heterocycles. The normalized spacial score (nSPS) is 12.3. The van der Waals surface area contributed by atoms with E-state index in [4.69, 9.17) is 0 Å². The van der Waals surface area contributed by atoms with Crippen molar-refractivity contribution in [3.05, 3.63) is 188 Å². The molecule has 0 spiro atoms. The molecular formula is C54H31NS. The maximum absolute atomic E-state index is 2.57. The van der Waals surface area contributed by atoms with Gasteiger partial charge in [0.05, 0.1) is 16.6 Å². The number of benzene rings is 10. The minimum Gasteiger partial charge on any atom is -0.308 e. The van der Waals surface area contributed by atoms with E-state index in [0.29, 0.717) is 0 Å². The fourth-order valence-corrected chi connectivity index (χ4v) is 11.2. The molecule has 0 bridgehead atoms. The molecule has 0 saturated heterocycles. The van der Waals surface area contributed by atoms with E-state index in [2.05, 4.69) is 192 Å². The number of hydrogen-bond acceptors (Lipinski definition) is 1. The lowest BCUT2D eigenvalue weighted by molar-refractivity contribution is 1.36. The predicted octanol–water partition coefficient (Wildman–Crippen LogP) is 15.7. The van der Waals surface area contributed by atoms with E-state index in [1.54, 1.807) is 0 Å². The van der Waals surface area contributed by atoms with Gasteiger partial charge in [0.2, 0.25) is 0 Å². The van der Waals surface area contributed by atoms with Crippen LogP contribution in [0.2, 0.25) is 0 Å². The van der Waals surface area contributed by atoms with Gasteiger partial charge in [-0.05, 0) is 101 Å². The van der Waals surface area contributed by atoms with Gasteiger partial charge in [-0.3, -0.25) is 0 Å². The van der Waals surface area contributed by atoms with E-state index < -0.39 is 0 Å². The van der Waals surface area contributed by atoms with Gasteiger partial charge in [-0.25, -0.2) is 0 Å². The maximum atomic E-state index is 2.57. The molecule has 13 aromatic rings. The van der Waals surface area contributed by atoms with Crippen LogP contribution in [-0.2, 0) is 0 Å². The number of aromatic nitrogens is 1. The van der Waals surface area contributed by atoms with E-state index >= 15 is 0 Å². The molecule has 0 unspecified atom stereocenters. The fourth-order valence-electron chi connectivity index (χ4n) is 10.1. The molecular weight excluding hydrogens is 695 g/mol. The third-order valence-corrected chi connectivity index (χ3v) is 13.4. The first-order valence-electron chi connectivity index (χ1n) is 19.4. The van der Waals surface area contributed by atoms with Gasteiger partial charge in [0.1, 0.15) is 0 Å². The maximum Gasteiger partial charge on any atom is 0.0619 e. The molecule has 0 aliphatic rings. The molecule has 0 amide bonds. The van der Waals surface area contributed by atoms with E-state index in [9.17, 15) is 0 Å². The Hall–Kier alpha value is -7.00. The van der Waals surface area contributed by atoms with Crippen LogP contribution in [0.3, 0.4) is 0 Å². The molecule has 3 heterocycles. The van der Waals surface area contributed by atoms with Crippen LogP contribution in [0.5, 0.6) is 0 Å². The molecule has 0 fully saturated rings. The molecule has 0 N–H and O–H groups in total. The lowest BCUT2D eigenvalue weighted by Crippen LogP contribution is -1.91. The van der Waals surface area contributed by atoms with Gasteiger partial charge in [-0.1, -0.05) is 158 Å². The summed E-state index contributed by atoms with van der Waals surface area (Å²) >= 11 is 1.90. The summed E-state index contributed by atoms with van der Waals surface area (Å²) < 4.78 is 5.21. The zero-order valence-electron chi connectivity index (χ0n) is 30.3. The van der Waals surface area contributed by atoms with Gasteiger partial charge in [0.15, 0.2) is 0 Å². The van der Waals surface area contributed by atoms with Crippen molar-refractivity contribution in [2.45, 2.75) is 0 Å². The van der Waals surface area contributed by atoms with Gasteiger partial charge in [-0.15, -0.1) is 11.3 Å². The van der Waals surface area contributed by atoms with E-state index in [1.165, 1.54) is 124 Å². The average molecular weight is 726 g/mol. The van der Waals surface area contributed by atoms with Gasteiger partial charge < -0.3 is 4.40 Å². The lowest BCUT2D eigenvalue weighted by Gasteiger charge is -2.19. The standard InChI is InChI=1S/C54H31NS/c1-2-15-34-32(13-1)14-9-22-37(34)51-41-20-7-5-18-39(41)50(40-19-6-8-21-42(40)51)33-29-30-46-45(31-33)44-25-10-24-43-36-17-4-3-16-35(36)38-23-11-27-48-52(38)53-47(55(46)54(43)44)26-12-28-49(53)56-48/h1-31H. The van der Waals surface area contributed by atoms with Crippen LogP contribution in [-0.4, -0.2) is 4.40 Å². The first kappa shape index (κ1) is 30.3. The summed E-state index contributed by atoms with van der Waals surface area (Å²) in [5.74, 6) is 0. The second-order valence-corrected chi connectivity index (χ2v) is 16.2. The summed E-state index contributed by atoms with van der Waals surface area (Å²) in [4.78, 5) is 0. The second kappa shape index (κ2) is 11.3. The van der Waals surface area contributed by atoms with Gasteiger partial charge in [0.25, 0.3) is 0 Å². The molecule has 0 radical (unpaired) electrons. The highest BCUT2D eigenvalue weighted by Gasteiger charge is 2.21. The Morgan fingerprint density at radius 2 is 0.839 bits per heavy atom. The van der Waals surface area contributed by atoms with Crippen molar-refractivity contribution in [1.82, 2.24) is 4.40 Å². The lowest BCUT2D eigenvalue weighted by atomic mass is 9.84. The number of hydrogen-bond donors (Lipinski definition) is 0. The zero-order valence-corrected chi connectivity index (χ0v) is 31.1. The monoisotopic (exact) mass is 725 g/mol. The van der Waals surface area contributed by atoms with Crippen LogP contribution in [0.15, 0.2) is 188 Å². The van der Waals surface area contributed by atoms with Crippen molar-refractivity contribution in [3.63, 3.8) is 0 Å². The molecule has 56 heavy (non-hydrogen) atoms. The van der Waals surface area contributed by atoms with Crippen LogP contribution in [0, 0.1) is 0 Å². The number of nitrogens with zero attached hydrogens (tertiary/aromatic N) is 1. The molecule has 10 aromatic carbocycles. The molecule has 0 aliphatic heterocycles. The average Bonchev–Trinajstić information content (AvgIpc) is 3.82. The first-order valence-corrected chi connectivity index (χ1v) is 20.2. The third-order valence-electron chi connectivity index (χ3n) is 12.3. The van der Waals surface area contributed by atoms with Crippen molar-refractivity contribution < 1.29 is 0 Å². The van der Waals surface area contributed by atoms with Gasteiger partial charge in [0, 0.05) is 36.3 Å². The second-order valence-electron chi connectivity index (χ2n) is 15.1. The van der Waals surface area contributed by atoms with Crippen molar-refractivity contribution in [3.8, 4) is 22.3 Å². The number of thiophene rings is 1. The summed E-state index contributed by atoms with van der Waals surface area (Å²) in [6.07, 6.45) is 0. The minimum atomic E-state index is 1.22. The summed E-state index contributed by atoms with van der Waals surface area (Å²) in [6, 6.07) is 70.3. The smallest absolute Gasteiger partial charge is 0.0619 e. The van der Waals surface area contributed by atoms with Crippen LogP contribution in [0.25, 0.3) is 124 Å². The van der Waals surface area contributed by atoms with Crippen LogP contribution >= 0.6 is 11.3 Å². The molecule has 13 rings (SSSR count). The van der Waals surface area contributed by atoms with E-state index in [1.807, 2.05) is 11.3 Å². The Morgan fingerprint density at radius 1 is 0.321 bits per heavy atom. The molecule has 0 atom stereocenters. The number of fused-ring (bicyclic) bond motifs is 10. The summed E-state index contributed by atoms with van der Waals surface area (Å²) in [6.45, 7) is 0. The molecule has 0 aliphatic carbocycles. The Labute approximate surface area is 325 Å². The summed E-state index contributed by atoms with van der Waals surface area (Å²) in [5.41, 5.74) is 8.79. The predicted molar refractivity (Wildman–Crippen MR) is 244 cm³/mol. The Bertz CT molecular complexity index is 3760. The summed E-state index contributed by atoms with van der Waals surface area (Å²) in [5, 5.41) is 17.9. The van der Waals surface area contributed by atoms with Crippen molar-refractivity contribution >= 4 is 113 Å². The quantitative estimate of drug-likeness (QED) is 0.156. The highest BCUT2D eigenvalue weighted by Crippen LogP contribution is 2.48. The third kappa shape index (κ3) is 3.98.